The molecule has 2 unspecified atom stereocenters. The fourth-order valence-corrected chi connectivity index (χ4v) is 1.75. The molecule has 94 valence electrons. The number of hydrogen-bond donors (Lipinski definition) is 2. The lowest BCUT2D eigenvalue weighted by Crippen LogP contribution is -2.30. The molecule has 4 nitrogen and oxygen atoms in total. The third kappa shape index (κ3) is 3.43. The number of aliphatic hydroxyl groups excluding tert-OH is 2. The molecule has 5 heteroatoms. The van der Waals surface area contributed by atoms with Gasteiger partial charge in [-0.3, -0.25) is 0 Å². The van der Waals surface area contributed by atoms with Gasteiger partial charge in [-0.05, 0) is 25.5 Å². The Kier molecular flexibility index (Phi) is 4.93. The maximum Gasteiger partial charge on any atom is 0.338 e. The van der Waals surface area contributed by atoms with Crippen LogP contribution < -0.4 is 0 Å². The monoisotopic (exact) mass is 258 g/mol. The first-order valence-electron chi connectivity index (χ1n) is 5.26. The molecule has 2 N–H and O–H groups in total. The van der Waals surface area contributed by atoms with Crippen molar-refractivity contribution in [2.45, 2.75) is 26.1 Å². The number of carbonyl (C=O) groups excluding carboxylic acids is 1. The summed E-state index contributed by atoms with van der Waals surface area (Å²) in [4.78, 5) is 11.3. The van der Waals surface area contributed by atoms with Gasteiger partial charge in [0.05, 0.1) is 6.61 Å². The van der Waals surface area contributed by atoms with Crippen LogP contribution in [-0.4, -0.2) is 28.9 Å². The van der Waals surface area contributed by atoms with E-state index < -0.39 is 18.2 Å². The number of hydrogen-bond acceptors (Lipinski definition) is 4. The van der Waals surface area contributed by atoms with Crippen molar-refractivity contribution >= 4 is 17.6 Å². The summed E-state index contributed by atoms with van der Waals surface area (Å²) in [7, 11) is 0. The Bertz CT molecular complexity index is 405. The van der Waals surface area contributed by atoms with Crippen LogP contribution in [-0.2, 0) is 9.53 Å². The van der Waals surface area contributed by atoms with Gasteiger partial charge in [0.1, 0.15) is 6.10 Å². The summed E-state index contributed by atoms with van der Waals surface area (Å²) in [5.74, 6) is -0.864. The van der Waals surface area contributed by atoms with Gasteiger partial charge in [-0.25, -0.2) is 4.79 Å². The van der Waals surface area contributed by atoms with Crippen LogP contribution in [0.5, 0.6) is 0 Å². The standard InChI is InChI=1S/C12H15ClO4/c1-3-17-12(16)11(15)10(14)8-5-4-7(2)6-9(8)13/h4-6,10-11,14-15H,3H2,1-2H3. The largest absolute Gasteiger partial charge is 0.464 e. The Morgan fingerprint density at radius 1 is 1.47 bits per heavy atom. The molecule has 17 heavy (non-hydrogen) atoms. The predicted molar refractivity (Wildman–Crippen MR) is 63.8 cm³/mol. The summed E-state index contributed by atoms with van der Waals surface area (Å²) in [5, 5.41) is 19.7. The maximum absolute atomic E-state index is 11.3. The molecule has 0 aliphatic rings. The molecule has 0 spiro atoms. The molecule has 0 saturated carbocycles. The first-order chi connectivity index (χ1) is 7.97. The Hall–Kier alpha value is -1.10. The van der Waals surface area contributed by atoms with Crippen LogP contribution in [0.3, 0.4) is 0 Å². The van der Waals surface area contributed by atoms with Crippen molar-refractivity contribution in [2.75, 3.05) is 6.61 Å². The fourth-order valence-electron chi connectivity index (χ4n) is 1.40. The van der Waals surface area contributed by atoms with Gasteiger partial charge in [0, 0.05) is 10.6 Å². The van der Waals surface area contributed by atoms with E-state index in [-0.39, 0.29) is 6.61 Å². The first-order valence-corrected chi connectivity index (χ1v) is 5.64. The first kappa shape index (κ1) is 14.0. The lowest BCUT2D eigenvalue weighted by Gasteiger charge is -2.18. The average Bonchev–Trinajstić information content (AvgIpc) is 2.27. The number of aryl methyl sites for hydroxylation is 1. The Labute approximate surface area is 105 Å². The van der Waals surface area contributed by atoms with Gasteiger partial charge in [0.15, 0.2) is 6.10 Å². The van der Waals surface area contributed by atoms with E-state index in [1.54, 1.807) is 25.1 Å². The van der Waals surface area contributed by atoms with E-state index in [9.17, 15) is 15.0 Å². The number of halogens is 1. The zero-order valence-corrected chi connectivity index (χ0v) is 10.4. The number of aliphatic hydroxyl groups is 2. The lowest BCUT2D eigenvalue weighted by atomic mass is 10.0. The Morgan fingerprint density at radius 2 is 2.12 bits per heavy atom. The molecule has 1 aromatic rings. The smallest absolute Gasteiger partial charge is 0.338 e. The minimum Gasteiger partial charge on any atom is -0.464 e. The number of ether oxygens (including phenoxy) is 1. The van der Waals surface area contributed by atoms with Gasteiger partial charge in [-0.15, -0.1) is 0 Å². The molecule has 0 radical (unpaired) electrons. The second kappa shape index (κ2) is 6.00. The number of rotatable bonds is 4. The van der Waals surface area contributed by atoms with Crippen molar-refractivity contribution in [2.24, 2.45) is 0 Å². The van der Waals surface area contributed by atoms with Crippen molar-refractivity contribution in [1.29, 1.82) is 0 Å². The molecule has 1 aromatic carbocycles. The van der Waals surface area contributed by atoms with E-state index >= 15 is 0 Å². The maximum atomic E-state index is 11.3. The second-order valence-corrected chi connectivity index (χ2v) is 4.07. The van der Waals surface area contributed by atoms with Crippen molar-refractivity contribution < 1.29 is 19.7 Å². The highest BCUT2D eigenvalue weighted by Gasteiger charge is 2.28. The van der Waals surface area contributed by atoms with Gasteiger partial charge in [-0.2, -0.15) is 0 Å². The summed E-state index contributed by atoms with van der Waals surface area (Å²) >= 11 is 5.93. The van der Waals surface area contributed by atoms with Gasteiger partial charge in [-0.1, -0.05) is 23.7 Å². The molecule has 0 bridgehead atoms. The zero-order valence-electron chi connectivity index (χ0n) is 9.68. The van der Waals surface area contributed by atoms with E-state index in [1.165, 1.54) is 0 Å². The SMILES string of the molecule is CCOC(=O)C(O)C(O)c1ccc(C)cc1Cl. The number of carbonyl (C=O) groups is 1. The molecule has 0 fully saturated rings. The molecule has 0 saturated heterocycles. The molecule has 2 atom stereocenters. The minimum absolute atomic E-state index is 0.143. The normalized spacial score (nSPS) is 14.2. The topological polar surface area (TPSA) is 66.8 Å². The van der Waals surface area contributed by atoms with Crippen LogP contribution in [0.2, 0.25) is 5.02 Å². The molecular formula is C12H15ClO4. The third-order valence-electron chi connectivity index (χ3n) is 2.30. The van der Waals surface area contributed by atoms with E-state index in [4.69, 9.17) is 11.6 Å². The van der Waals surface area contributed by atoms with Crippen LogP contribution >= 0.6 is 11.6 Å². The van der Waals surface area contributed by atoms with Crippen LogP contribution in [0.1, 0.15) is 24.2 Å². The van der Waals surface area contributed by atoms with E-state index in [0.29, 0.717) is 10.6 Å². The highest BCUT2D eigenvalue weighted by molar-refractivity contribution is 6.31. The van der Waals surface area contributed by atoms with E-state index in [1.807, 2.05) is 6.92 Å². The van der Waals surface area contributed by atoms with Crippen LogP contribution in [0.4, 0.5) is 0 Å². The van der Waals surface area contributed by atoms with Crippen molar-refractivity contribution in [3.05, 3.63) is 34.3 Å². The highest BCUT2D eigenvalue weighted by atomic mass is 35.5. The predicted octanol–water partition coefficient (Wildman–Crippen LogP) is 1.61. The molecule has 0 aliphatic heterocycles. The zero-order chi connectivity index (χ0) is 13.0. The highest BCUT2D eigenvalue weighted by Crippen LogP contribution is 2.26. The van der Waals surface area contributed by atoms with Gasteiger partial charge in [0.25, 0.3) is 0 Å². The molecular weight excluding hydrogens is 244 g/mol. The number of benzene rings is 1. The van der Waals surface area contributed by atoms with Gasteiger partial charge >= 0.3 is 5.97 Å². The molecule has 0 amide bonds. The molecule has 0 aliphatic carbocycles. The quantitative estimate of drug-likeness (QED) is 0.805. The second-order valence-electron chi connectivity index (χ2n) is 3.67. The summed E-state index contributed by atoms with van der Waals surface area (Å²) < 4.78 is 4.62. The number of esters is 1. The van der Waals surface area contributed by atoms with E-state index in [0.717, 1.165) is 5.56 Å². The lowest BCUT2D eigenvalue weighted by molar-refractivity contribution is -0.159. The molecule has 0 aromatic heterocycles. The van der Waals surface area contributed by atoms with Crippen LogP contribution in [0, 0.1) is 6.92 Å². The molecule has 0 heterocycles. The van der Waals surface area contributed by atoms with Crippen molar-refractivity contribution in [3.63, 3.8) is 0 Å². The van der Waals surface area contributed by atoms with Gasteiger partial charge < -0.3 is 14.9 Å². The Balaban J connectivity index is 2.88. The molecule has 1 rings (SSSR count). The van der Waals surface area contributed by atoms with Crippen LogP contribution in [0.15, 0.2) is 18.2 Å². The van der Waals surface area contributed by atoms with E-state index in [2.05, 4.69) is 4.74 Å². The average molecular weight is 259 g/mol. The summed E-state index contributed by atoms with van der Waals surface area (Å²) in [5.41, 5.74) is 1.23. The van der Waals surface area contributed by atoms with Crippen molar-refractivity contribution in [3.8, 4) is 0 Å². The van der Waals surface area contributed by atoms with Crippen molar-refractivity contribution in [1.82, 2.24) is 0 Å². The third-order valence-corrected chi connectivity index (χ3v) is 2.63. The van der Waals surface area contributed by atoms with Gasteiger partial charge in [0.2, 0.25) is 0 Å². The summed E-state index contributed by atoms with van der Waals surface area (Å²) in [6.45, 7) is 3.61. The summed E-state index contributed by atoms with van der Waals surface area (Å²) in [6, 6.07) is 4.96. The summed E-state index contributed by atoms with van der Waals surface area (Å²) in [6.07, 6.45) is -3.02. The minimum atomic E-state index is -1.63. The van der Waals surface area contributed by atoms with Crippen LogP contribution in [0.25, 0.3) is 0 Å². The fraction of sp³-hybridized carbons (Fsp3) is 0.417. The Morgan fingerprint density at radius 3 is 2.65 bits per heavy atom.